The van der Waals surface area contributed by atoms with Crippen molar-refractivity contribution in [1.29, 1.82) is 0 Å². The van der Waals surface area contributed by atoms with Gasteiger partial charge in [-0.05, 0) is 47.9 Å². The number of aliphatic hydroxyl groups is 1. The van der Waals surface area contributed by atoms with Crippen LogP contribution in [0, 0.1) is 0 Å². The molecule has 1 nitrogen and oxygen atoms in total. The number of aliphatic hydroxyl groups excluding tert-OH is 1. The van der Waals surface area contributed by atoms with Crippen molar-refractivity contribution in [2.75, 3.05) is 12.5 Å². The molecule has 15 heavy (non-hydrogen) atoms. The molecule has 1 aromatic heterocycles. The first kappa shape index (κ1) is 11.6. The Kier molecular flexibility index (Phi) is 3.83. The molecule has 0 amide bonds. The Morgan fingerprint density at radius 3 is 2.80 bits per heavy atom. The molecular weight excluding hydrogens is 244 g/mol. The standard InChI is InChI=1S/C11H14OS3/c1-13-11(14-2)8-4-3-7-5-6-15-10(7)9(8)12/h5-6,9,12H,3-4H2,1-2H3. The molecule has 0 aromatic carbocycles. The second-order valence-corrected chi connectivity index (χ2v) is 6.27. The third-order valence-corrected chi connectivity index (χ3v) is 5.93. The molecule has 0 radical (unpaired) electrons. The average molecular weight is 258 g/mol. The van der Waals surface area contributed by atoms with Crippen LogP contribution in [-0.2, 0) is 6.42 Å². The minimum atomic E-state index is -0.358. The summed E-state index contributed by atoms with van der Waals surface area (Å²) in [5, 5.41) is 12.3. The van der Waals surface area contributed by atoms with Crippen molar-refractivity contribution >= 4 is 34.9 Å². The van der Waals surface area contributed by atoms with Gasteiger partial charge in [0, 0.05) is 9.11 Å². The summed E-state index contributed by atoms with van der Waals surface area (Å²) in [5.74, 6) is 0. The first-order valence-corrected chi connectivity index (χ1v) is 8.16. The SMILES string of the molecule is CSC(SC)=C1CCc2ccsc2C1O. The third kappa shape index (κ3) is 2.13. The molecule has 0 saturated heterocycles. The number of hydrogen-bond donors (Lipinski definition) is 1. The molecule has 2 rings (SSSR count). The third-order valence-electron chi connectivity index (χ3n) is 2.66. The van der Waals surface area contributed by atoms with E-state index in [0.29, 0.717) is 0 Å². The Labute approximate surface area is 103 Å². The second-order valence-electron chi connectivity index (χ2n) is 3.43. The zero-order chi connectivity index (χ0) is 10.8. The average Bonchev–Trinajstić information content (AvgIpc) is 2.71. The van der Waals surface area contributed by atoms with E-state index in [2.05, 4.69) is 24.0 Å². The van der Waals surface area contributed by atoms with E-state index in [0.717, 1.165) is 17.7 Å². The molecule has 1 aromatic rings. The summed E-state index contributed by atoms with van der Waals surface area (Å²) >= 11 is 5.16. The summed E-state index contributed by atoms with van der Waals surface area (Å²) < 4.78 is 1.28. The Balaban J connectivity index is 2.38. The molecule has 0 spiro atoms. The topological polar surface area (TPSA) is 20.2 Å². The van der Waals surface area contributed by atoms with Gasteiger partial charge in [-0.2, -0.15) is 0 Å². The van der Waals surface area contributed by atoms with Gasteiger partial charge in [0.15, 0.2) is 0 Å². The van der Waals surface area contributed by atoms with Gasteiger partial charge in [0.05, 0.1) is 0 Å². The lowest BCUT2D eigenvalue weighted by molar-refractivity contribution is 0.209. The Hall–Kier alpha value is 0.1000. The van der Waals surface area contributed by atoms with Crippen LogP contribution in [0.15, 0.2) is 21.3 Å². The van der Waals surface area contributed by atoms with Gasteiger partial charge in [0.25, 0.3) is 0 Å². The van der Waals surface area contributed by atoms with Gasteiger partial charge in [0.1, 0.15) is 6.10 Å². The molecule has 1 unspecified atom stereocenters. The minimum Gasteiger partial charge on any atom is -0.383 e. The molecule has 1 N–H and O–H groups in total. The smallest absolute Gasteiger partial charge is 0.111 e. The van der Waals surface area contributed by atoms with Crippen LogP contribution in [0.1, 0.15) is 23.0 Å². The van der Waals surface area contributed by atoms with Crippen LogP contribution in [0.4, 0.5) is 0 Å². The fourth-order valence-corrected chi connectivity index (χ4v) is 4.51. The molecule has 0 bridgehead atoms. The fourth-order valence-electron chi connectivity index (χ4n) is 1.92. The summed E-state index contributed by atoms with van der Waals surface area (Å²) in [6.45, 7) is 0. The van der Waals surface area contributed by atoms with Crippen LogP contribution in [0.2, 0.25) is 0 Å². The Morgan fingerprint density at radius 1 is 1.40 bits per heavy atom. The maximum Gasteiger partial charge on any atom is 0.111 e. The maximum atomic E-state index is 10.3. The summed E-state index contributed by atoms with van der Waals surface area (Å²) in [6, 6.07) is 2.14. The summed E-state index contributed by atoms with van der Waals surface area (Å²) in [5.41, 5.74) is 2.54. The minimum absolute atomic E-state index is 0.358. The van der Waals surface area contributed by atoms with Gasteiger partial charge in [-0.1, -0.05) is 0 Å². The van der Waals surface area contributed by atoms with Gasteiger partial charge < -0.3 is 5.11 Å². The normalized spacial score (nSPS) is 20.2. The van der Waals surface area contributed by atoms with Crippen LogP contribution in [0.3, 0.4) is 0 Å². The highest BCUT2D eigenvalue weighted by Crippen LogP contribution is 2.43. The highest BCUT2D eigenvalue weighted by atomic mass is 32.2. The van der Waals surface area contributed by atoms with Gasteiger partial charge >= 0.3 is 0 Å². The number of fused-ring (bicyclic) bond motifs is 1. The van der Waals surface area contributed by atoms with Gasteiger partial charge in [-0.3, -0.25) is 0 Å². The van der Waals surface area contributed by atoms with Crippen molar-refractivity contribution < 1.29 is 5.11 Å². The molecule has 0 saturated carbocycles. The van der Waals surface area contributed by atoms with Crippen molar-refractivity contribution in [3.05, 3.63) is 31.7 Å². The number of hydrogen-bond acceptors (Lipinski definition) is 4. The van der Waals surface area contributed by atoms with E-state index >= 15 is 0 Å². The molecule has 1 aliphatic rings. The number of rotatable bonds is 2. The van der Waals surface area contributed by atoms with Crippen LogP contribution in [-0.4, -0.2) is 17.6 Å². The second kappa shape index (κ2) is 4.95. The van der Waals surface area contributed by atoms with Crippen LogP contribution < -0.4 is 0 Å². The van der Waals surface area contributed by atoms with Crippen molar-refractivity contribution in [3.8, 4) is 0 Å². The summed E-state index contributed by atoms with van der Waals surface area (Å²) in [6.07, 6.45) is 5.88. The van der Waals surface area contributed by atoms with Crippen LogP contribution in [0.5, 0.6) is 0 Å². The Bertz CT molecular complexity index is 375. The van der Waals surface area contributed by atoms with Crippen molar-refractivity contribution in [1.82, 2.24) is 0 Å². The van der Waals surface area contributed by atoms with Crippen LogP contribution in [0.25, 0.3) is 0 Å². The van der Waals surface area contributed by atoms with E-state index in [4.69, 9.17) is 0 Å². The lowest BCUT2D eigenvalue weighted by Gasteiger charge is -2.23. The molecule has 1 heterocycles. The lowest BCUT2D eigenvalue weighted by Crippen LogP contribution is -2.10. The molecule has 82 valence electrons. The Morgan fingerprint density at radius 2 is 2.13 bits per heavy atom. The first-order valence-electron chi connectivity index (χ1n) is 4.83. The van der Waals surface area contributed by atoms with E-state index < -0.39 is 0 Å². The molecule has 1 atom stereocenters. The van der Waals surface area contributed by atoms with E-state index in [-0.39, 0.29) is 6.10 Å². The summed E-state index contributed by atoms with van der Waals surface area (Å²) in [7, 11) is 0. The monoisotopic (exact) mass is 258 g/mol. The quantitative estimate of drug-likeness (QED) is 0.874. The summed E-state index contributed by atoms with van der Waals surface area (Å²) in [4.78, 5) is 1.15. The number of thioether (sulfide) groups is 2. The predicted molar refractivity (Wildman–Crippen MR) is 71.7 cm³/mol. The van der Waals surface area contributed by atoms with Gasteiger partial charge in [-0.25, -0.2) is 0 Å². The van der Waals surface area contributed by atoms with Crippen molar-refractivity contribution in [3.63, 3.8) is 0 Å². The van der Waals surface area contributed by atoms with Gasteiger partial charge in [-0.15, -0.1) is 34.9 Å². The predicted octanol–water partition coefficient (Wildman–Crippen LogP) is 3.67. The molecule has 1 aliphatic carbocycles. The zero-order valence-electron chi connectivity index (χ0n) is 8.82. The van der Waals surface area contributed by atoms with E-state index in [1.165, 1.54) is 15.4 Å². The van der Waals surface area contributed by atoms with Gasteiger partial charge in [0.2, 0.25) is 0 Å². The molecule has 0 fully saturated rings. The van der Waals surface area contributed by atoms with Crippen molar-refractivity contribution in [2.24, 2.45) is 0 Å². The number of aryl methyl sites for hydroxylation is 1. The highest BCUT2D eigenvalue weighted by molar-refractivity contribution is 8.21. The highest BCUT2D eigenvalue weighted by Gasteiger charge is 2.25. The molecular formula is C11H14OS3. The van der Waals surface area contributed by atoms with E-state index in [1.807, 2.05) is 0 Å². The largest absolute Gasteiger partial charge is 0.383 e. The molecule has 0 aliphatic heterocycles. The number of thiophene rings is 1. The fraction of sp³-hybridized carbons (Fsp3) is 0.455. The molecule has 4 heteroatoms. The van der Waals surface area contributed by atoms with E-state index in [1.54, 1.807) is 34.9 Å². The lowest BCUT2D eigenvalue weighted by atomic mass is 9.93. The van der Waals surface area contributed by atoms with Crippen molar-refractivity contribution in [2.45, 2.75) is 18.9 Å². The zero-order valence-corrected chi connectivity index (χ0v) is 11.3. The van der Waals surface area contributed by atoms with E-state index in [9.17, 15) is 5.11 Å². The maximum absolute atomic E-state index is 10.3. The van der Waals surface area contributed by atoms with Crippen LogP contribution >= 0.6 is 34.9 Å². The first-order chi connectivity index (χ1) is 7.27.